The van der Waals surface area contributed by atoms with Crippen LogP contribution in [0.1, 0.15) is 50.5 Å². The highest BCUT2D eigenvalue weighted by Gasteiger charge is 2.40. The molecule has 2 fully saturated rings. The summed E-state index contributed by atoms with van der Waals surface area (Å²) in [6.45, 7) is 3.97. The Morgan fingerprint density at radius 2 is 2.05 bits per heavy atom. The average molecular weight is 286 g/mol. The highest BCUT2D eigenvalue weighted by atomic mass is 16.2. The number of likely N-dealkylation sites (tertiary alicyclic amines) is 1. The Morgan fingerprint density at radius 3 is 2.81 bits per heavy atom. The standard InChI is InChI=1S/C18H26N2O/c1-2-17(21)20-13-11-15(14-8-4-3-5-9-14)18-16(20)10-6-7-12-19-18/h3-5,8-9,15-16,18-19H,2,6-7,10-13H2,1H3/t15-,16-,18-/m1/s1. The molecule has 0 aliphatic carbocycles. The van der Waals surface area contributed by atoms with Crippen LogP contribution in [0, 0.1) is 0 Å². The van der Waals surface area contributed by atoms with E-state index in [-0.39, 0.29) is 0 Å². The zero-order valence-electron chi connectivity index (χ0n) is 12.9. The van der Waals surface area contributed by atoms with Gasteiger partial charge in [0.1, 0.15) is 0 Å². The van der Waals surface area contributed by atoms with Gasteiger partial charge in [-0.15, -0.1) is 0 Å². The maximum atomic E-state index is 12.3. The third kappa shape index (κ3) is 2.98. The van der Waals surface area contributed by atoms with Gasteiger partial charge < -0.3 is 10.2 Å². The van der Waals surface area contributed by atoms with Crippen LogP contribution in [0.5, 0.6) is 0 Å². The first-order valence-electron chi connectivity index (χ1n) is 8.39. The molecule has 1 amide bonds. The summed E-state index contributed by atoms with van der Waals surface area (Å²) in [6, 6.07) is 11.6. The average Bonchev–Trinajstić information content (AvgIpc) is 2.80. The summed E-state index contributed by atoms with van der Waals surface area (Å²) in [6.07, 6.45) is 5.29. The van der Waals surface area contributed by atoms with Crippen molar-refractivity contribution in [1.29, 1.82) is 0 Å². The number of benzene rings is 1. The molecule has 0 unspecified atom stereocenters. The van der Waals surface area contributed by atoms with Crippen LogP contribution < -0.4 is 5.32 Å². The molecule has 2 aliphatic rings. The molecule has 2 saturated heterocycles. The van der Waals surface area contributed by atoms with Gasteiger partial charge in [-0.2, -0.15) is 0 Å². The molecule has 3 rings (SSSR count). The number of piperidine rings is 1. The fourth-order valence-electron chi connectivity index (χ4n) is 4.03. The van der Waals surface area contributed by atoms with Crippen molar-refractivity contribution < 1.29 is 4.79 Å². The van der Waals surface area contributed by atoms with Gasteiger partial charge in [0.2, 0.25) is 5.91 Å². The van der Waals surface area contributed by atoms with Crippen molar-refractivity contribution >= 4 is 5.91 Å². The molecule has 114 valence electrons. The van der Waals surface area contributed by atoms with Gasteiger partial charge in [-0.3, -0.25) is 4.79 Å². The number of amides is 1. The number of hydrogen-bond donors (Lipinski definition) is 1. The Labute approximate surface area is 127 Å². The van der Waals surface area contributed by atoms with Crippen molar-refractivity contribution in [2.75, 3.05) is 13.1 Å². The molecule has 0 saturated carbocycles. The van der Waals surface area contributed by atoms with Crippen molar-refractivity contribution in [2.24, 2.45) is 0 Å². The van der Waals surface area contributed by atoms with Gasteiger partial charge in [0.15, 0.2) is 0 Å². The summed E-state index contributed by atoms with van der Waals surface area (Å²) in [5.74, 6) is 0.857. The molecular formula is C18H26N2O. The lowest BCUT2D eigenvalue weighted by atomic mass is 9.79. The van der Waals surface area contributed by atoms with E-state index in [2.05, 4.69) is 40.5 Å². The van der Waals surface area contributed by atoms with E-state index in [0.29, 0.717) is 30.3 Å². The monoisotopic (exact) mass is 286 g/mol. The van der Waals surface area contributed by atoms with E-state index in [0.717, 1.165) is 25.9 Å². The Morgan fingerprint density at radius 1 is 1.24 bits per heavy atom. The van der Waals surface area contributed by atoms with Gasteiger partial charge in [0.05, 0.1) is 0 Å². The van der Waals surface area contributed by atoms with Gasteiger partial charge in [-0.25, -0.2) is 0 Å². The summed E-state index contributed by atoms with van der Waals surface area (Å²) in [5, 5.41) is 3.75. The van der Waals surface area contributed by atoms with E-state index in [1.54, 1.807) is 0 Å². The first kappa shape index (κ1) is 14.6. The molecule has 0 aromatic heterocycles. The number of rotatable bonds is 2. The number of carbonyl (C=O) groups excluding carboxylic acids is 1. The SMILES string of the molecule is CCC(=O)N1CC[C@H](c2ccccc2)[C@H]2NCCCC[C@H]21. The molecule has 1 N–H and O–H groups in total. The van der Waals surface area contributed by atoms with Crippen LogP contribution in [0.4, 0.5) is 0 Å². The third-order valence-electron chi connectivity index (χ3n) is 5.09. The lowest BCUT2D eigenvalue weighted by Crippen LogP contribution is -2.58. The lowest BCUT2D eigenvalue weighted by molar-refractivity contribution is -0.135. The Kier molecular flexibility index (Phi) is 4.59. The highest BCUT2D eigenvalue weighted by molar-refractivity contribution is 5.76. The molecule has 3 atom stereocenters. The minimum absolute atomic E-state index is 0.320. The van der Waals surface area contributed by atoms with Crippen molar-refractivity contribution in [3.05, 3.63) is 35.9 Å². The van der Waals surface area contributed by atoms with E-state index in [4.69, 9.17) is 0 Å². The van der Waals surface area contributed by atoms with Gasteiger partial charge in [-0.05, 0) is 31.4 Å². The van der Waals surface area contributed by atoms with E-state index in [1.165, 1.54) is 18.4 Å². The quantitative estimate of drug-likeness (QED) is 0.906. The van der Waals surface area contributed by atoms with Crippen LogP contribution in [-0.2, 0) is 4.79 Å². The van der Waals surface area contributed by atoms with Crippen molar-refractivity contribution in [1.82, 2.24) is 10.2 Å². The minimum Gasteiger partial charge on any atom is -0.338 e. The number of fused-ring (bicyclic) bond motifs is 1. The van der Waals surface area contributed by atoms with Crippen molar-refractivity contribution in [3.8, 4) is 0 Å². The molecule has 21 heavy (non-hydrogen) atoms. The fraction of sp³-hybridized carbons (Fsp3) is 0.611. The van der Waals surface area contributed by atoms with Crippen LogP contribution in [0.15, 0.2) is 30.3 Å². The van der Waals surface area contributed by atoms with Crippen LogP contribution >= 0.6 is 0 Å². The molecule has 3 nitrogen and oxygen atoms in total. The van der Waals surface area contributed by atoms with E-state index < -0.39 is 0 Å². The van der Waals surface area contributed by atoms with Crippen LogP contribution in [-0.4, -0.2) is 36.0 Å². The van der Waals surface area contributed by atoms with E-state index >= 15 is 0 Å². The maximum Gasteiger partial charge on any atom is 0.222 e. The highest BCUT2D eigenvalue weighted by Crippen LogP contribution is 2.35. The van der Waals surface area contributed by atoms with Crippen LogP contribution in [0.3, 0.4) is 0 Å². The normalized spacial score (nSPS) is 29.6. The minimum atomic E-state index is 0.320. The summed E-state index contributed by atoms with van der Waals surface area (Å²) in [4.78, 5) is 14.4. The Hall–Kier alpha value is -1.35. The topological polar surface area (TPSA) is 32.3 Å². The lowest BCUT2D eigenvalue weighted by Gasteiger charge is -2.45. The summed E-state index contributed by atoms with van der Waals surface area (Å²) in [5.41, 5.74) is 1.42. The predicted molar refractivity (Wildman–Crippen MR) is 85.2 cm³/mol. The van der Waals surface area contributed by atoms with Crippen molar-refractivity contribution in [3.63, 3.8) is 0 Å². The zero-order chi connectivity index (χ0) is 14.7. The second-order valence-corrected chi connectivity index (χ2v) is 6.29. The predicted octanol–water partition coefficient (Wildman–Crippen LogP) is 2.92. The fourth-order valence-corrected chi connectivity index (χ4v) is 4.03. The maximum absolute atomic E-state index is 12.3. The molecule has 0 spiro atoms. The van der Waals surface area contributed by atoms with Gasteiger partial charge in [0.25, 0.3) is 0 Å². The summed E-state index contributed by atoms with van der Waals surface area (Å²) < 4.78 is 0. The number of hydrogen-bond acceptors (Lipinski definition) is 2. The molecule has 1 aromatic carbocycles. The Bertz CT molecular complexity index is 473. The number of nitrogens with one attached hydrogen (secondary N) is 1. The van der Waals surface area contributed by atoms with Crippen molar-refractivity contribution in [2.45, 2.75) is 57.0 Å². The second kappa shape index (κ2) is 6.61. The number of carbonyl (C=O) groups is 1. The molecule has 3 heteroatoms. The molecule has 2 heterocycles. The molecule has 0 bridgehead atoms. The van der Waals surface area contributed by atoms with Crippen LogP contribution in [0.2, 0.25) is 0 Å². The molecule has 1 aromatic rings. The molecule has 0 radical (unpaired) electrons. The summed E-state index contributed by atoms with van der Waals surface area (Å²) in [7, 11) is 0. The first-order chi connectivity index (χ1) is 10.3. The Balaban J connectivity index is 1.87. The van der Waals surface area contributed by atoms with Gasteiger partial charge >= 0.3 is 0 Å². The van der Waals surface area contributed by atoms with E-state index in [9.17, 15) is 4.79 Å². The number of nitrogens with zero attached hydrogens (tertiary/aromatic N) is 1. The third-order valence-corrected chi connectivity index (χ3v) is 5.09. The first-order valence-corrected chi connectivity index (χ1v) is 8.39. The largest absolute Gasteiger partial charge is 0.338 e. The molecular weight excluding hydrogens is 260 g/mol. The van der Waals surface area contributed by atoms with Gasteiger partial charge in [-0.1, -0.05) is 43.7 Å². The second-order valence-electron chi connectivity index (χ2n) is 6.29. The summed E-state index contributed by atoms with van der Waals surface area (Å²) >= 11 is 0. The van der Waals surface area contributed by atoms with Gasteiger partial charge in [0, 0.05) is 31.0 Å². The molecule has 2 aliphatic heterocycles. The van der Waals surface area contributed by atoms with Crippen LogP contribution in [0.25, 0.3) is 0 Å². The van der Waals surface area contributed by atoms with E-state index in [1.807, 2.05) is 6.92 Å². The smallest absolute Gasteiger partial charge is 0.222 e. The zero-order valence-corrected chi connectivity index (χ0v) is 12.9.